The van der Waals surface area contributed by atoms with E-state index in [0.29, 0.717) is 34.8 Å². The number of furan rings is 1. The van der Waals surface area contributed by atoms with Gasteiger partial charge in [0.1, 0.15) is 11.5 Å². The van der Waals surface area contributed by atoms with Crippen molar-refractivity contribution in [2.45, 2.75) is 39.5 Å². The van der Waals surface area contributed by atoms with Crippen molar-refractivity contribution in [3.8, 4) is 11.3 Å². The summed E-state index contributed by atoms with van der Waals surface area (Å²) in [5, 5.41) is 3.30. The average molecular weight is 391 g/mol. The molecular weight excluding hydrogens is 366 g/mol. The van der Waals surface area contributed by atoms with Crippen LogP contribution >= 0.6 is 0 Å². The second kappa shape index (κ2) is 7.07. The zero-order chi connectivity index (χ0) is 20.8. The van der Waals surface area contributed by atoms with Crippen LogP contribution in [0.25, 0.3) is 11.3 Å². The van der Waals surface area contributed by atoms with Gasteiger partial charge >= 0.3 is 5.97 Å². The Morgan fingerprint density at radius 1 is 1.14 bits per heavy atom. The van der Waals surface area contributed by atoms with Gasteiger partial charge in [0.05, 0.1) is 18.6 Å². The predicted molar refractivity (Wildman–Crippen MR) is 110 cm³/mol. The molecule has 2 aromatic rings. The molecule has 5 nitrogen and oxygen atoms in total. The van der Waals surface area contributed by atoms with Crippen molar-refractivity contribution in [3.63, 3.8) is 0 Å². The third kappa shape index (κ3) is 3.41. The van der Waals surface area contributed by atoms with Crippen molar-refractivity contribution in [1.82, 2.24) is 5.32 Å². The predicted octanol–water partition coefficient (Wildman–Crippen LogP) is 4.72. The molecule has 0 unspecified atom stereocenters. The lowest BCUT2D eigenvalue weighted by Gasteiger charge is -2.38. The third-order valence-electron chi connectivity index (χ3n) is 5.61. The van der Waals surface area contributed by atoms with Crippen LogP contribution in [0, 0.1) is 5.41 Å². The van der Waals surface area contributed by atoms with Crippen LogP contribution in [-0.2, 0) is 14.3 Å². The molecule has 0 bridgehead atoms. The van der Waals surface area contributed by atoms with Crippen molar-refractivity contribution in [3.05, 3.63) is 70.8 Å². The lowest BCUT2D eigenvalue weighted by atomic mass is 9.69. The Hall–Kier alpha value is -3.08. The number of methoxy groups -OCH3 is 1. The highest BCUT2D eigenvalue weighted by Gasteiger charge is 2.44. The molecule has 1 aliphatic heterocycles. The van der Waals surface area contributed by atoms with Crippen molar-refractivity contribution in [1.29, 1.82) is 0 Å². The highest BCUT2D eigenvalue weighted by Crippen LogP contribution is 2.47. The summed E-state index contributed by atoms with van der Waals surface area (Å²) in [6.45, 7) is 6.01. The van der Waals surface area contributed by atoms with E-state index < -0.39 is 11.9 Å². The quantitative estimate of drug-likeness (QED) is 0.767. The van der Waals surface area contributed by atoms with Gasteiger partial charge in [0.25, 0.3) is 0 Å². The minimum Gasteiger partial charge on any atom is -0.466 e. The van der Waals surface area contributed by atoms with E-state index >= 15 is 0 Å². The number of allylic oxidation sites excluding steroid dienone is 3. The SMILES string of the molecule is COC(=O)C1=C(C)NC2=C(C(=O)CC(C)(C)C2)[C@@H]1c1ccc(-c2ccccc2)o1. The second-order valence-corrected chi connectivity index (χ2v) is 8.49. The van der Waals surface area contributed by atoms with E-state index in [9.17, 15) is 9.59 Å². The monoisotopic (exact) mass is 391 g/mol. The maximum Gasteiger partial charge on any atom is 0.336 e. The minimum atomic E-state index is -0.570. The first-order chi connectivity index (χ1) is 13.8. The maximum atomic E-state index is 13.2. The molecule has 0 saturated carbocycles. The first-order valence-corrected chi connectivity index (χ1v) is 9.78. The van der Waals surface area contributed by atoms with Crippen molar-refractivity contribution < 1.29 is 18.7 Å². The summed E-state index contributed by atoms with van der Waals surface area (Å²) < 4.78 is 11.2. The first-order valence-electron chi connectivity index (χ1n) is 9.78. The number of Topliss-reactive ketones (excluding diaryl/α,β-unsaturated/α-hetero) is 1. The summed E-state index contributed by atoms with van der Waals surface area (Å²) in [6, 6.07) is 13.5. The average Bonchev–Trinajstić information content (AvgIpc) is 3.16. The minimum absolute atomic E-state index is 0.0420. The number of hydrogen-bond acceptors (Lipinski definition) is 5. The van der Waals surface area contributed by atoms with Crippen molar-refractivity contribution in [2.75, 3.05) is 7.11 Å². The lowest BCUT2D eigenvalue weighted by molar-refractivity contribution is -0.136. The van der Waals surface area contributed by atoms with E-state index in [2.05, 4.69) is 19.2 Å². The highest BCUT2D eigenvalue weighted by atomic mass is 16.5. The molecule has 150 valence electrons. The molecule has 29 heavy (non-hydrogen) atoms. The Morgan fingerprint density at radius 2 is 1.86 bits per heavy atom. The van der Waals surface area contributed by atoms with Crippen molar-refractivity contribution in [2.24, 2.45) is 5.41 Å². The molecule has 0 amide bonds. The normalized spacial score (nSPS) is 21.0. The largest absolute Gasteiger partial charge is 0.466 e. The Morgan fingerprint density at radius 3 is 2.55 bits per heavy atom. The van der Waals surface area contributed by atoms with Gasteiger partial charge in [-0.25, -0.2) is 4.79 Å². The molecule has 0 fully saturated rings. The second-order valence-electron chi connectivity index (χ2n) is 8.49. The van der Waals surface area contributed by atoms with Crippen LogP contribution < -0.4 is 5.32 Å². The Bertz CT molecular complexity index is 1040. The van der Waals surface area contributed by atoms with E-state index in [1.165, 1.54) is 7.11 Å². The van der Waals surface area contributed by atoms with Crippen LogP contribution in [0.3, 0.4) is 0 Å². The van der Waals surface area contributed by atoms with Crippen molar-refractivity contribution >= 4 is 11.8 Å². The summed E-state index contributed by atoms with van der Waals surface area (Å²) in [5.74, 6) is 0.291. The van der Waals surface area contributed by atoms with Crippen LogP contribution in [0.15, 0.2) is 69.4 Å². The maximum absolute atomic E-state index is 13.2. The number of dihydropyridines is 1. The van der Waals surface area contributed by atoms with Crippen LogP contribution in [0.5, 0.6) is 0 Å². The summed E-state index contributed by atoms with van der Waals surface area (Å²) >= 11 is 0. The van der Waals surface area contributed by atoms with Gasteiger partial charge in [-0.15, -0.1) is 0 Å². The summed E-state index contributed by atoms with van der Waals surface area (Å²) in [6.07, 6.45) is 1.17. The zero-order valence-electron chi connectivity index (χ0n) is 17.2. The van der Waals surface area contributed by atoms with Gasteiger partial charge in [0, 0.05) is 29.0 Å². The third-order valence-corrected chi connectivity index (χ3v) is 5.61. The molecule has 4 rings (SSSR count). The van der Waals surface area contributed by atoms with E-state index in [1.807, 2.05) is 49.4 Å². The van der Waals surface area contributed by atoms with Gasteiger partial charge in [0.15, 0.2) is 5.78 Å². The molecule has 0 spiro atoms. The fourth-order valence-corrected chi connectivity index (χ4v) is 4.37. The number of nitrogens with one attached hydrogen (secondary N) is 1. The molecule has 1 aromatic carbocycles. The number of ether oxygens (including phenoxy) is 1. The Labute approximate surface area is 170 Å². The topological polar surface area (TPSA) is 68.5 Å². The Kier molecular flexibility index (Phi) is 4.69. The van der Waals surface area contributed by atoms with Gasteiger partial charge < -0.3 is 14.5 Å². The smallest absolute Gasteiger partial charge is 0.336 e. The molecule has 0 saturated heterocycles. The number of rotatable bonds is 3. The van der Waals surface area contributed by atoms with E-state index in [1.54, 1.807) is 0 Å². The summed E-state index contributed by atoms with van der Waals surface area (Å²) in [5.41, 5.74) is 3.42. The highest BCUT2D eigenvalue weighted by molar-refractivity contribution is 6.04. The van der Waals surface area contributed by atoms with E-state index in [-0.39, 0.29) is 11.2 Å². The number of carbonyl (C=O) groups is 2. The van der Waals surface area contributed by atoms with Gasteiger partial charge in [-0.05, 0) is 30.9 Å². The molecule has 0 radical (unpaired) electrons. The standard InChI is InChI=1S/C24H25NO4/c1-14-20(23(27)28-4)22(21-16(25-14)12-24(2,3)13-17(21)26)19-11-10-18(29-19)15-8-6-5-7-9-15/h5-11,22,25H,12-13H2,1-4H3/t22-/m1/s1. The van der Waals surface area contributed by atoms with Crippen LogP contribution in [0.4, 0.5) is 0 Å². The molecule has 2 aliphatic rings. The number of ketones is 1. The van der Waals surface area contributed by atoms with E-state index in [0.717, 1.165) is 17.7 Å². The van der Waals surface area contributed by atoms with Crippen LogP contribution in [0.2, 0.25) is 0 Å². The number of esters is 1. The van der Waals surface area contributed by atoms with E-state index in [4.69, 9.17) is 9.15 Å². The number of benzene rings is 1. The fourth-order valence-electron chi connectivity index (χ4n) is 4.37. The first kappa shape index (κ1) is 19.2. The van der Waals surface area contributed by atoms with Gasteiger partial charge in [-0.2, -0.15) is 0 Å². The molecule has 1 aromatic heterocycles. The number of carbonyl (C=O) groups excluding carboxylic acids is 2. The molecule has 1 atom stereocenters. The molecule has 2 heterocycles. The number of hydrogen-bond donors (Lipinski definition) is 1. The van der Waals surface area contributed by atoms with Gasteiger partial charge in [-0.1, -0.05) is 44.2 Å². The van der Waals surface area contributed by atoms with Gasteiger partial charge in [-0.3, -0.25) is 4.79 Å². The summed E-state index contributed by atoms with van der Waals surface area (Å²) in [7, 11) is 1.35. The molecule has 1 aliphatic carbocycles. The lowest BCUT2D eigenvalue weighted by Crippen LogP contribution is -2.38. The van der Waals surface area contributed by atoms with Gasteiger partial charge in [0.2, 0.25) is 0 Å². The summed E-state index contributed by atoms with van der Waals surface area (Å²) in [4.78, 5) is 25.8. The Balaban J connectivity index is 1.85. The zero-order valence-corrected chi connectivity index (χ0v) is 17.2. The molecule has 5 heteroatoms. The van der Waals surface area contributed by atoms with Crippen LogP contribution in [0.1, 0.15) is 45.3 Å². The van der Waals surface area contributed by atoms with Crippen LogP contribution in [-0.4, -0.2) is 18.9 Å². The fraction of sp³-hybridized carbons (Fsp3) is 0.333. The molecule has 1 N–H and O–H groups in total. The molecular formula is C24H25NO4.